The molecular weight excluding hydrogens is 595 g/mol. The number of benzene rings is 3. The Hall–Kier alpha value is -4.56. The second-order valence-corrected chi connectivity index (χ2v) is 12.4. The van der Waals surface area contributed by atoms with Crippen molar-refractivity contribution in [1.29, 1.82) is 0 Å². The summed E-state index contributed by atoms with van der Waals surface area (Å²) in [6, 6.07) is 12.8. The zero-order valence-electron chi connectivity index (χ0n) is 24.3. The largest absolute Gasteiger partial charge is 0.485 e. The van der Waals surface area contributed by atoms with E-state index in [1.165, 1.54) is 28.0 Å². The number of carbonyl (C=O) groups is 2. The quantitative estimate of drug-likeness (QED) is 0.342. The van der Waals surface area contributed by atoms with Gasteiger partial charge in [0.05, 0.1) is 35.3 Å². The Morgan fingerprint density at radius 2 is 1.86 bits per heavy atom. The molecule has 0 spiro atoms. The first kappa shape index (κ1) is 30.9. The van der Waals surface area contributed by atoms with Gasteiger partial charge in [0.2, 0.25) is 6.79 Å². The average molecular weight is 629 g/mol. The standard InChI is InChI=1S/C30H33FN4O8S/c1-18-14-35(19(2)16-36)29(37)23-5-4-6-24(33-44(39,40)22-10-7-20(31)8-11-22)28(23)43-27(18)15-34(3)30(38)32-21-9-12-25-26(13-21)42-17-41-25/h4-13,18-19,27,33,36H,14-17H2,1-3H3,(H,32,38)/t18-,19-,27+/m0/s1. The third-order valence-corrected chi connectivity index (χ3v) is 8.87. The Kier molecular flexibility index (Phi) is 8.83. The van der Waals surface area contributed by atoms with E-state index in [2.05, 4.69) is 10.0 Å². The second kappa shape index (κ2) is 12.6. The SMILES string of the molecule is C[C@H]1CN([C@@H](C)CO)C(=O)c2cccc(NS(=O)(=O)c3ccc(F)cc3)c2O[C@@H]1CN(C)C(=O)Nc1ccc2c(c1)OCO2. The Bertz CT molecular complexity index is 1650. The number of para-hydroxylation sites is 1. The number of nitrogens with one attached hydrogen (secondary N) is 2. The topological polar surface area (TPSA) is 147 Å². The van der Waals surface area contributed by atoms with E-state index >= 15 is 0 Å². The molecule has 12 nitrogen and oxygen atoms in total. The number of sulfonamides is 1. The van der Waals surface area contributed by atoms with Gasteiger partial charge in [-0.3, -0.25) is 9.52 Å². The van der Waals surface area contributed by atoms with Crippen molar-refractivity contribution in [2.45, 2.75) is 30.9 Å². The van der Waals surface area contributed by atoms with Crippen LogP contribution in [-0.4, -0.2) is 80.9 Å². The van der Waals surface area contributed by atoms with Crippen LogP contribution in [0.5, 0.6) is 17.2 Å². The number of likely N-dealkylation sites (N-methyl/N-ethyl adjacent to an activating group) is 1. The summed E-state index contributed by atoms with van der Waals surface area (Å²) in [7, 11) is -2.61. The number of carbonyl (C=O) groups excluding carboxylic acids is 2. The molecule has 44 heavy (non-hydrogen) atoms. The minimum Gasteiger partial charge on any atom is -0.485 e. The van der Waals surface area contributed by atoms with Gasteiger partial charge in [0.25, 0.3) is 15.9 Å². The molecule has 0 unspecified atom stereocenters. The van der Waals surface area contributed by atoms with Crippen LogP contribution in [0.3, 0.4) is 0 Å². The van der Waals surface area contributed by atoms with E-state index in [0.717, 1.165) is 24.3 Å². The van der Waals surface area contributed by atoms with E-state index < -0.39 is 39.9 Å². The summed E-state index contributed by atoms with van der Waals surface area (Å²) < 4.78 is 59.4. The molecule has 0 fully saturated rings. The van der Waals surface area contributed by atoms with Crippen molar-refractivity contribution in [2.75, 3.05) is 43.6 Å². The molecule has 5 rings (SSSR count). The van der Waals surface area contributed by atoms with Gasteiger partial charge < -0.3 is 34.4 Å². The third-order valence-electron chi connectivity index (χ3n) is 7.48. The Morgan fingerprint density at radius 3 is 2.59 bits per heavy atom. The normalized spacial score (nSPS) is 18.4. The van der Waals surface area contributed by atoms with Crippen molar-refractivity contribution < 1.29 is 41.7 Å². The fourth-order valence-corrected chi connectivity index (χ4v) is 5.97. The van der Waals surface area contributed by atoms with Gasteiger partial charge >= 0.3 is 6.03 Å². The molecule has 3 amide bonds. The van der Waals surface area contributed by atoms with E-state index in [9.17, 15) is 27.5 Å². The van der Waals surface area contributed by atoms with Crippen LogP contribution >= 0.6 is 0 Å². The van der Waals surface area contributed by atoms with Crippen LogP contribution in [-0.2, 0) is 10.0 Å². The summed E-state index contributed by atoms with van der Waals surface area (Å²) in [5, 5.41) is 12.7. The van der Waals surface area contributed by atoms with E-state index in [1.807, 2.05) is 6.92 Å². The zero-order chi connectivity index (χ0) is 31.6. The first-order chi connectivity index (χ1) is 21.0. The van der Waals surface area contributed by atoms with Crippen molar-refractivity contribution in [3.05, 3.63) is 72.0 Å². The molecule has 0 bridgehead atoms. The van der Waals surface area contributed by atoms with Crippen LogP contribution in [0.4, 0.5) is 20.6 Å². The van der Waals surface area contributed by atoms with Crippen molar-refractivity contribution in [3.63, 3.8) is 0 Å². The summed E-state index contributed by atoms with van der Waals surface area (Å²) in [6.07, 6.45) is -0.709. The Balaban J connectivity index is 1.44. The number of urea groups is 1. The van der Waals surface area contributed by atoms with E-state index in [0.29, 0.717) is 17.2 Å². The van der Waals surface area contributed by atoms with Crippen LogP contribution in [0.1, 0.15) is 24.2 Å². The lowest BCUT2D eigenvalue weighted by Gasteiger charge is -2.38. The highest BCUT2D eigenvalue weighted by Crippen LogP contribution is 2.37. The minimum absolute atomic E-state index is 0.0108. The molecule has 234 valence electrons. The number of halogens is 1. The van der Waals surface area contributed by atoms with Gasteiger partial charge in [0.15, 0.2) is 17.2 Å². The van der Waals surface area contributed by atoms with Crippen molar-refractivity contribution >= 4 is 33.3 Å². The Labute approximate surface area is 254 Å². The molecule has 3 aromatic rings. The summed E-state index contributed by atoms with van der Waals surface area (Å²) in [6.45, 7) is 3.61. The highest BCUT2D eigenvalue weighted by Gasteiger charge is 2.35. The third kappa shape index (κ3) is 6.50. The summed E-state index contributed by atoms with van der Waals surface area (Å²) in [5.41, 5.74) is 0.561. The lowest BCUT2D eigenvalue weighted by molar-refractivity contribution is 0.0373. The first-order valence-electron chi connectivity index (χ1n) is 13.9. The molecule has 3 aromatic carbocycles. The smallest absolute Gasteiger partial charge is 0.321 e. The maximum Gasteiger partial charge on any atom is 0.321 e. The van der Waals surface area contributed by atoms with Gasteiger partial charge in [-0.1, -0.05) is 13.0 Å². The van der Waals surface area contributed by atoms with Gasteiger partial charge in [-0.15, -0.1) is 0 Å². The predicted octanol–water partition coefficient (Wildman–Crippen LogP) is 3.74. The highest BCUT2D eigenvalue weighted by molar-refractivity contribution is 7.92. The summed E-state index contributed by atoms with van der Waals surface area (Å²) in [4.78, 5) is 29.6. The second-order valence-electron chi connectivity index (χ2n) is 10.7. The molecule has 0 radical (unpaired) electrons. The number of hydrogen-bond donors (Lipinski definition) is 3. The number of anilines is 2. The molecule has 2 aliphatic heterocycles. The fourth-order valence-electron chi connectivity index (χ4n) is 4.91. The first-order valence-corrected chi connectivity index (χ1v) is 15.4. The van der Waals surface area contributed by atoms with E-state index in [4.69, 9.17) is 14.2 Å². The van der Waals surface area contributed by atoms with Crippen LogP contribution in [0, 0.1) is 11.7 Å². The van der Waals surface area contributed by atoms with Gasteiger partial charge in [0, 0.05) is 31.3 Å². The molecule has 0 saturated heterocycles. The van der Waals surface area contributed by atoms with Gasteiger partial charge in [0.1, 0.15) is 11.9 Å². The van der Waals surface area contributed by atoms with Crippen LogP contribution < -0.4 is 24.2 Å². The molecule has 0 saturated carbocycles. The lowest BCUT2D eigenvalue weighted by atomic mass is 9.99. The van der Waals surface area contributed by atoms with Crippen molar-refractivity contribution in [3.8, 4) is 17.2 Å². The fraction of sp³-hybridized carbons (Fsp3) is 0.333. The number of fused-ring (bicyclic) bond motifs is 2. The zero-order valence-corrected chi connectivity index (χ0v) is 25.1. The summed E-state index contributed by atoms with van der Waals surface area (Å²) >= 11 is 0. The van der Waals surface area contributed by atoms with Crippen LogP contribution in [0.2, 0.25) is 0 Å². The molecule has 3 N–H and O–H groups in total. The average Bonchev–Trinajstić information content (AvgIpc) is 3.47. The number of ether oxygens (including phenoxy) is 3. The number of nitrogens with zero attached hydrogens (tertiary/aromatic N) is 2. The minimum atomic E-state index is -4.20. The molecular formula is C30H33FN4O8S. The summed E-state index contributed by atoms with van der Waals surface area (Å²) in [5.74, 6) is -0.345. The Morgan fingerprint density at radius 1 is 1.14 bits per heavy atom. The van der Waals surface area contributed by atoms with Crippen molar-refractivity contribution in [1.82, 2.24) is 9.80 Å². The number of rotatable bonds is 8. The van der Waals surface area contributed by atoms with Gasteiger partial charge in [-0.05, 0) is 55.5 Å². The molecule has 0 aliphatic carbocycles. The monoisotopic (exact) mass is 628 g/mol. The lowest BCUT2D eigenvalue weighted by Crippen LogP contribution is -2.50. The van der Waals surface area contributed by atoms with Gasteiger partial charge in [-0.25, -0.2) is 17.6 Å². The number of hydrogen-bond acceptors (Lipinski definition) is 8. The van der Waals surface area contributed by atoms with Gasteiger partial charge in [-0.2, -0.15) is 0 Å². The van der Waals surface area contributed by atoms with Crippen molar-refractivity contribution in [2.24, 2.45) is 5.92 Å². The van der Waals surface area contributed by atoms with E-state index in [-0.39, 0.29) is 54.3 Å². The highest BCUT2D eigenvalue weighted by atomic mass is 32.2. The molecule has 2 aliphatic rings. The van der Waals surface area contributed by atoms with Crippen LogP contribution in [0.25, 0.3) is 0 Å². The maximum absolute atomic E-state index is 13.7. The number of amides is 3. The molecule has 2 heterocycles. The molecule has 0 aromatic heterocycles. The maximum atomic E-state index is 13.7. The molecule has 3 atom stereocenters. The van der Waals surface area contributed by atoms with E-state index in [1.54, 1.807) is 32.2 Å². The number of aliphatic hydroxyl groups excluding tert-OH is 1. The predicted molar refractivity (Wildman–Crippen MR) is 159 cm³/mol. The van der Waals surface area contributed by atoms with Crippen LogP contribution in [0.15, 0.2) is 65.6 Å². The molecule has 14 heteroatoms. The number of aliphatic hydroxyl groups is 1.